The normalized spacial score (nSPS) is 29.5. The molecule has 1 aromatic rings. The van der Waals surface area contributed by atoms with E-state index in [1.165, 1.54) is 0 Å². The van der Waals surface area contributed by atoms with Crippen LogP contribution in [0.15, 0.2) is 4.52 Å². The maximum atomic E-state index is 12.7. The molecule has 1 aliphatic rings. The van der Waals surface area contributed by atoms with Crippen molar-refractivity contribution in [3.05, 3.63) is 11.7 Å². The number of nitrogens with one attached hydrogen (secondary N) is 1. The Morgan fingerprint density at radius 2 is 2.50 bits per heavy atom. The Kier molecular flexibility index (Phi) is 1.80. The first-order chi connectivity index (χ1) is 5.75. The van der Waals surface area contributed by atoms with Gasteiger partial charge in [-0.2, -0.15) is 4.98 Å². The van der Waals surface area contributed by atoms with Gasteiger partial charge in [-0.25, -0.2) is 4.39 Å². The van der Waals surface area contributed by atoms with Crippen LogP contribution in [-0.2, 0) is 0 Å². The third-order valence-corrected chi connectivity index (χ3v) is 1.92. The highest BCUT2D eigenvalue weighted by Crippen LogP contribution is 2.23. The van der Waals surface area contributed by atoms with Crippen LogP contribution in [0.1, 0.15) is 24.2 Å². The Morgan fingerprint density at radius 1 is 1.67 bits per heavy atom. The number of rotatable bonds is 1. The van der Waals surface area contributed by atoms with Gasteiger partial charge in [-0.15, -0.1) is 0 Å². The first-order valence-corrected chi connectivity index (χ1v) is 3.93. The second kappa shape index (κ2) is 2.82. The Labute approximate surface area is 69.2 Å². The maximum absolute atomic E-state index is 12.7. The van der Waals surface area contributed by atoms with E-state index in [0.717, 1.165) is 0 Å². The van der Waals surface area contributed by atoms with Gasteiger partial charge in [0.15, 0.2) is 5.82 Å². The molecular formula is C7H10FN3O. The number of alkyl halides is 1. The summed E-state index contributed by atoms with van der Waals surface area (Å²) in [4.78, 5) is 4.02. The smallest absolute Gasteiger partial charge is 0.243 e. The Hall–Kier alpha value is -0.970. The number of aromatic nitrogens is 2. The van der Waals surface area contributed by atoms with Crippen molar-refractivity contribution in [1.29, 1.82) is 0 Å². The number of aryl methyl sites for hydroxylation is 1. The fourth-order valence-electron chi connectivity index (χ4n) is 1.34. The molecule has 4 nitrogen and oxygen atoms in total. The highest BCUT2D eigenvalue weighted by molar-refractivity contribution is 4.96. The number of hydrogen-bond donors (Lipinski definition) is 1. The summed E-state index contributed by atoms with van der Waals surface area (Å²) in [5.41, 5.74) is 0. The standard InChI is InChI=1S/C7H10FN3O/c1-4-10-7(12-11-4)6-2-5(8)3-9-6/h5-6,9H,2-3H2,1H3/t5-,6-/m1/s1. The number of hydrogen-bond acceptors (Lipinski definition) is 4. The third kappa shape index (κ3) is 1.32. The summed E-state index contributed by atoms with van der Waals surface area (Å²) in [5, 5.41) is 6.60. The SMILES string of the molecule is Cc1noc([C@H]2C[C@@H](F)CN2)n1. The predicted molar refractivity (Wildman–Crippen MR) is 39.3 cm³/mol. The van der Waals surface area contributed by atoms with Gasteiger partial charge < -0.3 is 9.84 Å². The molecule has 2 rings (SSSR count). The highest BCUT2D eigenvalue weighted by Gasteiger charge is 2.28. The van der Waals surface area contributed by atoms with Crippen molar-refractivity contribution in [1.82, 2.24) is 15.5 Å². The van der Waals surface area contributed by atoms with Gasteiger partial charge in [0.25, 0.3) is 0 Å². The molecule has 0 saturated carbocycles. The van der Waals surface area contributed by atoms with Crippen LogP contribution < -0.4 is 5.32 Å². The van der Waals surface area contributed by atoms with Gasteiger partial charge in [0.2, 0.25) is 5.89 Å². The summed E-state index contributed by atoms with van der Waals surface area (Å²) in [7, 11) is 0. The van der Waals surface area contributed by atoms with E-state index in [1.54, 1.807) is 6.92 Å². The third-order valence-electron chi connectivity index (χ3n) is 1.92. The van der Waals surface area contributed by atoms with Crippen molar-refractivity contribution in [3.63, 3.8) is 0 Å². The molecule has 1 fully saturated rings. The molecule has 1 saturated heterocycles. The molecule has 0 radical (unpaired) electrons. The lowest BCUT2D eigenvalue weighted by Gasteiger charge is -2.00. The summed E-state index contributed by atoms with van der Waals surface area (Å²) >= 11 is 0. The van der Waals surface area contributed by atoms with E-state index >= 15 is 0 Å². The van der Waals surface area contributed by atoms with E-state index in [9.17, 15) is 4.39 Å². The summed E-state index contributed by atoms with van der Waals surface area (Å²) in [6.07, 6.45) is -0.357. The summed E-state index contributed by atoms with van der Waals surface area (Å²) in [6.45, 7) is 2.13. The topological polar surface area (TPSA) is 51.0 Å². The molecule has 0 bridgehead atoms. The molecule has 0 unspecified atom stereocenters. The van der Waals surface area contributed by atoms with Gasteiger partial charge in [0, 0.05) is 13.0 Å². The molecule has 0 aromatic carbocycles. The Balaban J connectivity index is 2.11. The van der Waals surface area contributed by atoms with Crippen molar-refractivity contribution in [2.75, 3.05) is 6.54 Å². The van der Waals surface area contributed by atoms with Gasteiger partial charge in [-0.3, -0.25) is 0 Å². The quantitative estimate of drug-likeness (QED) is 0.677. The Bertz CT molecular complexity index is 275. The minimum Gasteiger partial charge on any atom is -0.338 e. The van der Waals surface area contributed by atoms with Crippen LogP contribution in [0.5, 0.6) is 0 Å². The molecular weight excluding hydrogens is 161 g/mol. The van der Waals surface area contributed by atoms with Crippen LogP contribution in [0.2, 0.25) is 0 Å². The minimum absolute atomic E-state index is 0.0961. The molecule has 0 aliphatic carbocycles. The first-order valence-electron chi connectivity index (χ1n) is 3.93. The zero-order valence-corrected chi connectivity index (χ0v) is 6.75. The van der Waals surface area contributed by atoms with E-state index < -0.39 is 6.17 Å². The van der Waals surface area contributed by atoms with Crippen LogP contribution in [0.3, 0.4) is 0 Å². The molecule has 0 spiro atoms. The van der Waals surface area contributed by atoms with Gasteiger partial charge in [0.05, 0.1) is 6.04 Å². The molecule has 12 heavy (non-hydrogen) atoms. The van der Waals surface area contributed by atoms with Gasteiger partial charge in [-0.1, -0.05) is 5.16 Å². The van der Waals surface area contributed by atoms with Crippen LogP contribution in [0.25, 0.3) is 0 Å². The zero-order valence-electron chi connectivity index (χ0n) is 6.75. The molecule has 1 aliphatic heterocycles. The average molecular weight is 171 g/mol. The monoisotopic (exact) mass is 171 g/mol. The molecule has 2 heterocycles. The zero-order chi connectivity index (χ0) is 8.55. The van der Waals surface area contributed by atoms with E-state index in [1.807, 2.05) is 0 Å². The van der Waals surface area contributed by atoms with E-state index in [-0.39, 0.29) is 6.04 Å². The second-order valence-corrected chi connectivity index (χ2v) is 2.97. The van der Waals surface area contributed by atoms with Crippen LogP contribution >= 0.6 is 0 Å². The van der Waals surface area contributed by atoms with Gasteiger partial charge in [-0.05, 0) is 6.92 Å². The van der Waals surface area contributed by atoms with Gasteiger partial charge >= 0.3 is 0 Å². The largest absolute Gasteiger partial charge is 0.338 e. The lowest BCUT2D eigenvalue weighted by atomic mass is 10.2. The number of nitrogens with zero attached hydrogens (tertiary/aromatic N) is 2. The van der Waals surface area contributed by atoms with Crippen molar-refractivity contribution in [2.24, 2.45) is 0 Å². The van der Waals surface area contributed by atoms with Crippen LogP contribution in [0.4, 0.5) is 4.39 Å². The Morgan fingerprint density at radius 3 is 3.00 bits per heavy atom. The summed E-state index contributed by atoms with van der Waals surface area (Å²) in [5.74, 6) is 1.08. The lowest BCUT2D eigenvalue weighted by molar-refractivity contribution is 0.323. The lowest BCUT2D eigenvalue weighted by Crippen LogP contribution is -2.14. The average Bonchev–Trinajstić information content (AvgIpc) is 2.58. The maximum Gasteiger partial charge on any atom is 0.243 e. The fourth-order valence-corrected chi connectivity index (χ4v) is 1.34. The van der Waals surface area contributed by atoms with E-state index in [2.05, 4.69) is 15.5 Å². The fraction of sp³-hybridized carbons (Fsp3) is 0.714. The van der Waals surface area contributed by atoms with E-state index in [0.29, 0.717) is 24.7 Å². The summed E-state index contributed by atoms with van der Waals surface area (Å²) in [6, 6.07) is -0.0961. The molecule has 1 N–H and O–H groups in total. The predicted octanol–water partition coefficient (Wildman–Crippen LogP) is 0.751. The highest BCUT2D eigenvalue weighted by atomic mass is 19.1. The molecule has 1 aromatic heterocycles. The molecule has 5 heteroatoms. The van der Waals surface area contributed by atoms with Crippen molar-refractivity contribution >= 4 is 0 Å². The number of halogens is 1. The molecule has 0 amide bonds. The first kappa shape index (κ1) is 7.67. The molecule has 2 atom stereocenters. The van der Waals surface area contributed by atoms with Gasteiger partial charge in [0.1, 0.15) is 6.17 Å². The van der Waals surface area contributed by atoms with Crippen molar-refractivity contribution in [3.8, 4) is 0 Å². The molecule has 66 valence electrons. The van der Waals surface area contributed by atoms with E-state index in [4.69, 9.17) is 4.52 Å². The summed E-state index contributed by atoms with van der Waals surface area (Å²) < 4.78 is 17.6. The van der Waals surface area contributed by atoms with Crippen molar-refractivity contribution < 1.29 is 8.91 Å². The van der Waals surface area contributed by atoms with Crippen LogP contribution in [0, 0.1) is 6.92 Å². The van der Waals surface area contributed by atoms with Crippen LogP contribution in [-0.4, -0.2) is 22.9 Å². The second-order valence-electron chi connectivity index (χ2n) is 2.97. The minimum atomic E-state index is -0.790. The van der Waals surface area contributed by atoms with Crippen molar-refractivity contribution in [2.45, 2.75) is 25.6 Å².